The van der Waals surface area contributed by atoms with Crippen molar-refractivity contribution >= 4 is 5.69 Å². The maximum absolute atomic E-state index is 11.1. The number of hydrogen-bond acceptors (Lipinski definition) is 4. The quantitative estimate of drug-likeness (QED) is 0.680. The second-order valence-corrected chi connectivity index (χ2v) is 4.53. The lowest BCUT2D eigenvalue weighted by molar-refractivity contribution is -0.385. The molecule has 0 fully saturated rings. The van der Waals surface area contributed by atoms with Gasteiger partial charge in [-0.25, -0.2) is 0 Å². The zero-order valence-electron chi connectivity index (χ0n) is 11.2. The van der Waals surface area contributed by atoms with Gasteiger partial charge in [0, 0.05) is 6.07 Å². The molecule has 0 aromatic heterocycles. The van der Waals surface area contributed by atoms with Gasteiger partial charge in [0.2, 0.25) is 5.75 Å². The number of aliphatic hydroxyl groups excluding tert-OH is 1. The van der Waals surface area contributed by atoms with E-state index >= 15 is 0 Å². The Morgan fingerprint density at radius 1 is 1.20 bits per heavy atom. The number of ether oxygens (including phenoxy) is 1. The number of nitrogens with zero attached hydrogens (tertiary/aromatic N) is 1. The summed E-state index contributed by atoms with van der Waals surface area (Å²) in [6.07, 6.45) is -0.763. The number of hydrogen-bond donors (Lipinski definition) is 1. The molecule has 0 aliphatic rings. The number of nitro benzene ring substituents is 1. The molecule has 1 atom stereocenters. The van der Waals surface area contributed by atoms with Gasteiger partial charge in [-0.05, 0) is 37.1 Å². The second-order valence-electron chi connectivity index (χ2n) is 4.53. The molecule has 0 amide bonds. The topological polar surface area (TPSA) is 72.6 Å². The maximum Gasteiger partial charge on any atom is 0.311 e. The van der Waals surface area contributed by atoms with Gasteiger partial charge < -0.3 is 9.84 Å². The normalized spacial score (nSPS) is 11.9. The van der Waals surface area contributed by atoms with Crippen molar-refractivity contribution in [3.63, 3.8) is 0 Å². The smallest absolute Gasteiger partial charge is 0.311 e. The van der Waals surface area contributed by atoms with Gasteiger partial charge in [-0.1, -0.05) is 24.3 Å². The van der Waals surface area contributed by atoms with E-state index in [2.05, 4.69) is 0 Å². The highest BCUT2D eigenvalue weighted by atomic mass is 16.6. The molecule has 0 heterocycles. The SMILES string of the molecule is Cc1ccccc1Oc1ccc(C(C)O)cc1[N+](=O)[O-]. The molecule has 0 saturated heterocycles. The monoisotopic (exact) mass is 273 g/mol. The molecular weight excluding hydrogens is 258 g/mol. The van der Waals surface area contributed by atoms with E-state index in [9.17, 15) is 15.2 Å². The number of aliphatic hydroxyl groups is 1. The Bertz CT molecular complexity index is 638. The first-order valence-electron chi connectivity index (χ1n) is 6.19. The molecule has 0 saturated carbocycles. The van der Waals surface area contributed by atoms with Crippen LogP contribution in [0.15, 0.2) is 42.5 Å². The average molecular weight is 273 g/mol. The summed E-state index contributed by atoms with van der Waals surface area (Å²) in [4.78, 5) is 10.6. The molecule has 5 heteroatoms. The number of benzene rings is 2. The largest absolute Gasteiger partial charge is 0.450 e. The van der Waals surface area contributed by atoms with Gasteiger partial charge in [0.15, 0.2) is 0 Å². The molecule has 2 rings (SSSR count). The zero-order valence-corrected chi connectivity index (χ0v) is 11.2. The number of rotatable bonds is 4. The molecule has 0 radical (unpaired) electrons. The van der Waals surface area contributed by atoms with Crippen molar-refractivity contribution in [1.29, 1.82) is 0 Å². The molecule has 1 unspecified atom stereocenters. The summed E-state index contributed by atoms with van der Waals surface area (Å²) in [6, 6.07) is 11.7. The summed E-state index contributed by atoms with van der Waals surface area (Å²) in [7, 11) is 0. The predicted molar refractivity (Wildman–Crippen MR) is 75.0 cm³/mol. The van der Waals surface area contributed by atoms with Gasteiger partial charge in [0.25, 0.3) is 0 Å². The van der Waals surface area contributed by atoms with E-state index in [1.807, 2.05) is 19.1 Å². The Morgan fingerprint density at radius 2 is 1.90 bits per heavy atom. The highest BCUT2D eigenvalue weighted by molar-refractivity contribution is 5.51. The summed E-state index contributed by atoms with van der Waals surface area (Å²) in [5.74, 6) is 0.731. The Morgan fingerprint density at radius 3 is 2.50 bits per heavy atom. The lowest BCUT2D eigenvalue weighted by Crippen LogP contribution is -1.98. The summed E-state index contributed by atoms with van der Waals surface area (Å²) >= 11 is 0. The number of aryl methyl sites for hydroxylation is 1. The van der Waals surface area contributed by atoms with Crippen LogP contribution < -0.4 is 4.74 Å². The first kappa shape index (κ1) is 14.0. The molecule has 0 spiro atoms. The van der Waals surface area contributed by atoms with E-state index in [1.54, 1.807) is 25.1 Å². The van der Waals surface area contributed by atoms with Crippen molar-refractivity contribution in [2.75, 3.05) is 0 Å². The van der Waals surface area contributed by atoms with E-state index in [0.29, 0.717) is 11.3 Å². The standard InChI is InChI=1S/C15H15NO4/c1-10-5-3-4-6-14(10)20-15-8-7-12(11(2)17)9-13(15)16(18)19/h3-9,11,17H,1-2H3. The Labute approximate surface area is 116 Å². The molecule has 20 heavy (non-hydrogen) atoms. The van der Waals surface area contributed by atoms with Crippen LogP contribution in [0.2, 0.25) is 0 Å². The Balaban J connectivity index is 2.41. The van der Waals surface area contributed by atoms with Crippen LogP contribution in [0.4, 0.5) is 5.69 Å². The molecule has 0 bridgehead atoms. The first-order chi connectivity index (χ1) is 9.49. The molecule has 104 valence electrons. The van der Waals surface area contributed by atoms with Gasteiger partial charge in [0.1, 0.15) is 5.75 Å². The van der Waals surface area contributed by atoms with Crippen molar-refractivity contribution in [3.05, 3.63) is 63.7 Å². The van der Waals surface area contributed by atoms with Gasteiger partial charge in [-0.2, -0.15) is 0 Å². The van der Waals surface area contributed by atoms with Crippen molar-refractivity contribution in [2.45, 2.75) is 20.0 Å². The van der Waals surface area contributed by atoms with Crippen molar-refractivity contribution in [3.8, 4) is 11.5 Å². The highest BCUT2D eigenvalue weighted by Gasteiger charge is 2.18. The third kappa shape index (κ3) is 2.95. The number of nitro groups is 1. The van der Waals surface area contributed by atoms with Crippen LogP contribution >= 0.6 is 0 Å². The van der Waals surface area contributed by atoms with E-state index < -0.39 is 11.0 Å². The summed E-state index contributed by atoms with van der Waals surface area (Å²) in [5, 5.41) is 20.6. The fourth-order valence-corrected chi connectivity index (χ4v) is 1.81. The maximum atomic E-state index is 11.1. The summed E-state index contributed by atoms with van der Waals surface area (Å²) in [6.45, 7) is 3.42. The van der Waals surface area contributed by atoms with Crippen molar-refractivity contribution in [1.82, 2.24) is 0 Å². The molecule has 1 N–H and O–H groups in total. The van der Waals surface area contributed by atoms with Crippen LogP contribution in [-0.2, 0) is 0 Å². The van der Waals surface area contributed by atoms with Crippen LogP contribution in [0.3, 0.4) is 0 Å². The van der Waals surface area contributed by atoms with Gasteiger partial charge in [-0.15, -0.1) is 0 Å². The van der Waals surface area contributed by atoms with Crippen LogP contribution in [0.5, 0.6) is 11.5 Å². The fourth-order valence-electron chi connectivity index (χ4n) is 1.81. The van der Waals surface area contributed by atoms with Crippen LogP contribution in [0.25, 0.3) is 0 Å². The minimum absolute atomic E-state index is 0.161. The third-order valence-corrected chi connectivity index (χ3v) is 2.98. The van der Waals surface area contributed by atoms with Crippen molar-refractivity contribution in [2.24, 2.45) is 0 Å². The fraction of sp³-hybridized carbons (Fsp3) is 0.200. The average Bonchev–Trinajstić information content (AvgIpc) is 2.41. The zero-order chi connectivity index (χ0) is 14.7. The van der Waals surface area contributed by atoms with E-state index in [-0.39, 0.29) is 11.4 Å². The van der Waals surface area contributed by atoms with Crippen LogP contribution in [-0.4, -0.2) is 10.0 Å². The molecule has 0 aliphatic carbocycles. The lowest BCUT2D eigenvalue weighted by Gasteiger charge is -2.10. The minimum Gasteiger partial charge on any atom is -0.450 e. The van der Waals surface area contributed by atoms with Crippen molar-refractivity contribution < 1.29 is 14.8 Å². The molecule has 2 aromatic rings. The molecule has 2 aromatic carbocycles. The van der Waals surface area contributed by atoms with Crippen LogP contribution in [0.1, 0.15) is 24.2 Å². The molecule has 0 aliphatic heterocycles. The minimum atomic E-state index is -0.763. The highest BCUT2D eigenvalue weighted by Crippen LogP contribution is 2.34. The van der Waals surface area contributed by atoms with Gasteiger partial charge >= 0.3 is 5.69 Å². The van der Waals surface area contributed by atoms with Gasteiger partial charge in [-0.3, -0.25) is 10.1 Å². The molecule has 5 nitrogen and oxygen atoms in total. The van der Waals surface area contributed by atoms with Gasteiger partial charge in [0.05, 0.1) is 11.0 Å². The second kappa shape index (κ2) is 5.71. The third-order valence-electron chi connectivity index (χ3n) is 2.98. The summed E-state index contributed by atoms with van der Waals surface area (Å²) < 4.78 is 5.61. The number of para-hydroxylation sites is 1. The summed E-state index contributed by atoms with van der Waals surface area (Å²) in [5.41, 5.74) is 1.21. The molecular formula is C15H15NO4. The Hall–Kier alpha value is -2.40. The van der Waals surface area contributed by atoms with E-state index in [1.165, 1.54) is 12.1 Å². The van der Waals surface area contributed by atoms with E-state index in [4.69, 9.17) is 4.74 Å². The van der Waals surface area contributed by atoms with Crippen LogP contribution in [0, 0.1) is 17.0 Å². The predicted octanol–water partition coefficient (Wildman–Crippen LogP) is 3.75. The lowest BCUT2D eigenvalue weighted by atomic mass is 10.1. The Kier molecular flexibility index (Phi) is 4.00. The first-order valence-corrected chi connectivity index (χ1v) is 6.19. The van der Waals surface area contributed by atoms with E-state index in [0.717, 1.165) is 5.56 Å².